The van der Waals surface area contributed by atoms with E-state index in [9.17, 15) is 14.9 Å². The van der Waals surface area contributed by atoms with Crippen LogP contribution in [0.5, 0.6) is 0 Å². The number of carbonyl (C=O) groups excluding carboxylic acids is 1. The Balaban J connectivity index is 1.26. The third-order valence-electron chi connectivity index (χ3n) is 6.12. The third kappa shape index (κ3) is 4.91. The molecule has 35 heavy (non-hydrogen) atoms. The summed E-state index contributed by atoms with van der Waals surface area (Å²) in [5.74, 6) is 0.00195. The van der Waals surface area contributed by atoms with Crippen molar-refractivity contribution in [1.29, 1.82) is 0 Å². The van der Waals surface area contributed by atoms with Crippen molar-refractivity contribution in [2.75, 3.05) is 37.0 Å². The summed E-state index contributed by atoms with van der Waals surface area (Å²) in [6.45, 7) is 2.56. The molecule has 0 radical (unpaired) electrons. The van der Waals surface area contributed by atoms with Gasteiger partial charge >= 0.3 is 0 Å². The number of morpholine rings is 1. The molecule has 0 bridgehead atoms. The molecule has 0 atom stereocenters. The first kappa shape index (κ1) is 23.1. The number of amides is 1. The highest BCUT2D eigenvalue weighted by Crippen LogP contribution is 2.49. The first-order valence-corrected chi connectivity index (χ1v) is 12.4. The number of anilines is 1. The van der Waals surface area contributed by atoms with E-state index in [1.807, 2.05) is 24.3 Å². The molecule has 3 aromatic carbocycles. The third-order valence-corrected chi connectivity index (χ3v) is 7.39. The Kier molecular flexibility index (Phi) is 6.78. The minimum absolute atomic E-state index is 0.0242. The van der Waals surface area contributed by atoms with Crippen LogP contribution in [-0.4, -0.2) is 49.1 Å². The van der Waals surface area contributed by atoms with E-state index >= 15 is 0 Å². The fourth-order valence-corrected chi connectivity index (χ4v) is 5.66. The maximum absolute atomic E-state index is 12.6. The lowest BCUT2D eigenvalue weighted by Crippen LogP contribution is -2.36. The predicted molar refractivity (Wildman–Crippen MR) is 138 cm³/mol. The van der Waals surface area contributed by atoms with Crippen LogP contribution in [-0.2, 0) is 9.53 Å². The number of rotatable bonds is 7. The number of ether oxygens (including phenoxy) is 1. The molecule has 1 fully saturated rings. The van der Waals surface area contributed by atoms with Crippen LogP contribution in [0.3, 0.4) is 0 Å². The standard InChI is InChI=1S/C26H24N4O4S/c31-25(17-35-26-22-7-3-1-5-20(22)21-6-2-4-8-23(21)26)28-27-16-18-15-19(30(32)33)9-10-24(18)29-11-13-34-14-12-29/h1-10,15-16,26H,11-14,17H2,(H,28,31)/b27-16+. The highest BCUT2D eigenvalue weighted by molar-refractivity contribution is 8.00. The maximum Gasteiger partial charge on any atom is 0.270 e. The molecule has 1 amide bonds. The first-order valence-electron chi connectivity index (χ1n) is 11.3. The molecule has 8 nitrogen and oxygen atoms in total. The summed E-state index contributed by atoms with van der Waals surface area (Å²) < 4.78 is 5.41. The number of hydrogen-bond acceptors (Lipinski definition) is 7. The number of non-ortho nitro benzene ring substituents is 1. The highest BCUT2D eigenvalue weighted by atomic mass is 32.2. The maximum atomic E-state index is 12.6. The van der Waals surface area contributed by atoms with E-state index in [0.29, 0.717) is 31.9 Å². The van der Waals surface area contributed by atoms with Gasteiger partial charge in [-0.25, -0.2) is 5.43 Å². The Morgan fingerprint density at radius 3 is 2.40 bits per heavy atom. The first-order chi connectivity index (χ1) is 17.1. The molecule has 1 N–H and O–H groups in total. The second-order valence-corrected chi connectivity index (χ2v) is 9.35. The quantitative estimate of drug-likeness (QED) is 0.301. The van der Waals surface area contributed by atoms with Gasteiger partial charge in [0.2, 0.25) is 5.91 Å². The zero-order valence-corrected chi connectivity index (χ0v) is 19.7. The molecule has 0 unspecified atom stereocenters. The lowest BCUT2D eigenvalue weighted by Gasteiger charge is -2.29. The van der Waals surface area contributed by atoms with E-state index < -0.39 is 4.92 Å². The molecule has 1 saturated heterocycles. The molecule has 178 valence electrons. The molecule has 1 aliphatic carbocycles. The number of thioether (sulfide) groups is 1. The Morgan fingerprint density at radius 1 is 1.09 bits per heavy atom. The molecule has 9 heteroatoms. The summed E-state index contributed by atoms with van der Waals surface area (Å²) in [6.07, 6.45) is 1.47. The van der Waals surface area contributed by atoms with Gasteiger partial charge < -0.3 is 9.64 Å². The Bertz CT molecular complexity index is 1240. The van der Waals surface area contributed by atoms with Crippen molar-refractivity contribution >= 4 is 35.3 Å². The van der Waals surface area contributed by atoms with Gasteiger partial charge in [-0.3, -0.25) is 14.9 Å². The highest BCUT2D eigenvalue weighted by Gasteiger charge is 2.28. The van der Waals surface area contributed by atoms with E-state index in [0.717, 1.165) is 5.69 Å². The molecule has 1 aliphatic heterocycles. The second-order valence-electron chi connectivity index (χ2n) is 8.26. The smallest absolute Gasteiger partial charge is 0.270 e. The van der Waals surface area contributed by atoms with Crippen LogP contribution in [0.15, 0.2) is 71.8 Å². The normalized spacial score (nSPS) is 15.1. The summed E-state index contributed by atoms with van der Waals surface area (Å²) in [5, 5.41) is 15.5. The minimum Gasteiger partial charge on any atom is -0.378 e. The van der Waals surface area contributed by atoms with Gasteiger partial charge in [0.1, 0.15) is 0 Å². The van der Waals surface area contributed by atoms with Crippen molar-refractivity contribution in [2.24, 2.45) is 5.10 Å². The van der Waals surface area contributed by atoms with Gasteiger partial charge in [-0.05, 0) is 28.3 Å². The number of hydrogen-bond donors (Lipinski definition) is 1. The number of hydrazone groups is 1. The lowest BCUT2D eigenvalue weighted by molar-refractivity contribution is -0.384. The Hall–Kier alpha value is -3.69. The molecule has 5 rings (SSSR count). The van der Waals surface area contributed by atoms with Crippen LogP contribution in [0.1, 0.15) is 21.9 Å². The van der Waals surface area contributed by atoms with Gasteiger partial charge in [0, 0.05) is 36.5 Å². The SMILES string of the molecule is O=C(CSC1c2ccccc2-c2ccccc21)N/N=C/c1cc([N+](=O)[O-])ccc1N1CCOCC1. The average Bonchev–Trinajstić information content (AvgIpc) is 3.21. The Labute approximate surface area is 207 Å². The van der Waals surface area contributed by atoms with Gasteiger partial charge in [-0.2, -0.15) is 5.10 Å². The fourth-order valence-electron chi connectivity index (χ4n) is 4.51. The monoisotopic (exact) mass is 488 g/mol. The molecule has 2 aliphatic rings. The number of benzene rings is 3. The zero-order chi connectivity index (χ0) is 24.2. The fraction of sp³-hybridized carbons (Fsp3) is 0.231. The van der Waals surface area contributed by atoms with Crippen molar-refractivity contribution in [2.45, 2.75) is 5.25 Å². The molecule has 1 heterocycles. The lowest BCUT2D eigenvalue weighted by atomic mass is 10.1. The van der Waals surface area contributed by atoms with Crippen LogP contribution >= 0.6 is 11.8 Å². The van der Waals surface area contributed by atoms with E-state index in [1.54, 1.807) is 17.8 Å². The summed E-state index contributed by atoms with van der Waals surface area (Å²) >= 11 is 1.56. The second kappa shape index (κ2) is 10.3. The van der Waals surface area contributed by atoms with Crippen molar-refractivity contribution in [3.63, 3.8) is 0 Å². The van der Waals surface area contributed by atoms with Crippen LogP contribution in [0.4, 0.5) is 11.4 Å². The number of carbonyl (C=O) groups is 1. The number of nitro groups is 1. The van der Waals surface area contributed by atoms with Crippen molar-refractivity contribution in [3.8, 4) is 11.1 Å². The summed E-state index contributed by atoms with van der Waals surface area (Å²) in [6, 6.07) is 21.2. The Morgan fingerprint density at radius 2 is 1.74 bits per heavy atom. The summed E-state index contributed by atoms with van der Waals surface area (Å²) in [4.78, 5) is 25.5. The van der Waals surface area contributed by atoms with Crippen molar-refractivity contribution in [3.05, 3.63) is 93.5 Å². The van der Waals surface area contributed by atoms with Crippen molar-refractivity contribution < 1.29 is 14.5 Å². The van der Waals surface area contributed by atoms with Gasteiger partial charge in [0.15, 0.2) is 0 Å². The van der Waals surface area contributed by atoms with E-state index in [1.165, 1.54) is 40.6 Å². The molecule has 0 spiro atoms. The van der Waals surface area contributed by atoms with Crippen LogP contribution in [0.25, 0.3) is 11.1 Å². The van der Waals surface area contributed by atoms with E-state index in [4.69, 9.17) is 4.74 Å². The number of fused-ring (bicyclic) bond motifs is 3. The largest absolute Gasteiger partial charge is 0.378 e. The zero-order valence-electron chi connectivity index (χ0n) is 18.9. The molecular formula is C26H24N4O4S. The number of nitro benzene ring substituents is 1. The van der Waals surface area contributed by atoms with Gasteiger partial charge in [-0.15, -0.1) is 11.8 Å². The summed E-state index contributed by atoms with van der Waals surface area (Å²) in [5.41, 5.74) is 8.79. The number of nitrogens with zero attached hydrogens (tertiary/aromatic N) is 3. The van der Waals surface area contributed by atoms with Crippen LogP contribution < -0.4 is 10.3 Å². The molecular weight excluding hydrogens is 464 g/mol. The predicted octanol–water partition coefficient (Wildman–Crippen LogP) is 4.38. The van der Waals surface area contributed by atoms with E-state index in [-0.39, 0.29) is 22.6 Å². The molecule has 3 aromatic rings. The van der Waals surface area contributed by atoms with Gasteiger partial charge in [0.05, 0.1) is 35.4 Å². The van der Waals surface area contributed by atoms with Crippen molar-refractivity contribution in [1.82, 2.24) is 5.43 Å². The molecule has 0 saturated carbocycles. The number of nitrogens with one attached hydrogen (secondary N) is 1. The van der Waals surface area contributed by atoms with Crippen LogP contribution in [0.2, 0.25) is 0 Å². The average molecular weight is 489 g/mol. The van der Waals surface area contributed by atoms with Gasteiger partial charge in [0.25, 0.3) is 5.69 Å². The molecule has 0 aromatic heterocycles. The van der Waals surface area contributed by atoms with Gasteiger partial charge in [-0.1, -0.05) is 48.5 Å². The topological polar surface area (TPSA) is 97.1 Å². The van der Waals surface area contributed by atoms with Crippen LogP contribution in [0, 0.1) is 10.1 Å². The summed E-state index contributed by atoms with van der Waals surface area (Å²) in [7, 11) is 0. The van der Waals surface area contributed by atoms with E-state index in [2.05, 4.69) is 39.7 Å². The minimum atomic E-state index is -0.438.